The van der Waals surface area contributed by atoms with E-state index in [1.54, 1.807) is 37.3 Å². The summed E-state index contributed by atoms with van der Waals surface area (Å²) < 4.78 is 31.9. The van der Waals surface area contributed by atoms with Gasteiger partial charge in [-0.25, -0.2) is 18.6 Å². The SMILES string of the molecule is CCOC(=O)c1ccc(Nc2cc(NCc3cc(F)cc(F)c3)c(CC(N)=O)cn2)cc1. The van der Waals surface area contributed by atoms with Crippen LogP contribution in [0, 0.1) is 11.6 Å². The molecular formula is C23H22F2N4O3. The number of amides is 1. The van der Waals surface area contributed by atoms with E-state index >= 15 is 0 Å². The van der Waals surface area contributed by atoms with Gasteiger partial charge in [0, 0.05) is 41.8 Å². The number of hydrogen-bond acceptors (Lipinski definition) is 6. The number of rotatable bonds is 9. The number of carbonyl (C=O) groups excluding carboxylic acids is 2. The van der Waals surface area contributed by atoms with E-state index < -0.39 is 23.5 Å². The summed E-state index contributed by atoms with van der Waals surface area (Å²) in [6, 6.07) is 11.5. The molecule has 0 aliphatic heterocycles. The maximum Gasteiger partial charge on any atom is 0.338 e. The smallest absolute Gasteiger partial charge is 0.338 e. The zero-order chi connectivity index (χ0) is 23.1. The predicted octanol–water partition coefficient (Wildman–Crippen LogP) is 3.92. The maximum absolute atomic E-state index is 13.5. The number of primary amides is 1. The molecule has 7 nitrogen and oxygen atoms in total. The number of benzene rings is 2. The van der Waals surface area contributed by atoms with Crippen molar-refractivity contribution in [1.29, 1.82) is 0 Å². The number of hydrogen-bond donors (Lipinski definition) is 3. The Morgan fingerprint density at radius 3 is 2.38 bits per heavy atom. The fraction of sp³-hybridized carbons (Fsp3) is 0.174. The Morgan fingerprint density at radius 2 is 1.75 bits per heavy atom. The van der Waals surface area contributed by atoms with Crippen LogP contribution in [0.4, 0.5) is 26.0 Å². The predicted molar refractivity (Wildman–Crippen MR) is 117 cm³/mol. The van der Waals surface area contributed by atoms with Gasteiger partial charge in [0.05, 0.1) is 18.6 Å². The van der Waals surface area contributed by atoms with Crippen LogP contribution in [0.15, 0.2) is 54.7 Å². The number of pyridine rings is 1. The summed E-state index contributed by atoms with van der Waals surface area (Å²) in [6.07, 6.45) is 1.44. The van der Waals surface area contributed by atoms with E-state index in [0.717, 1.165) is 6.07 Å². The number of nitrogens with one attached hydrogen (secondary N) is 2. The highest BCUT2D eigenvalue weighted by Gasteiger charge is 2.10. The Balaban J connectivity index is 1.78. The van der Waals surface area contributed by atoms with Crippen molar-refractivity contribution in [3.63, 3.8) is 0 Å². The topological polar surface area (TPSA) is 106 Å². The van der Waals surface area contributed by atoms with Crippen molar-refractivity contribution in [2.45, 2.75) is 19.9 Å². The van der Waals surface area contributed by atoms with Crippen LogP contribution in [-0.4, -0.2) is 23.5 Å². The standard InChI is InChI=1S/C23H22F2N4O3/c1-2-32-23(31)15-3-5-19(6-4-15)29-22-11-20(16(13-28-22)9-21(26)30)27-12-14-7-17(24)10-18(25)8-14/h3-8,10-11,13H,2,9,12H2,1H3,(H2,26,30)(H2,27,28,29). The molecule has 0 aliphatic carbocycles. The van der Waals surface area contributed by atoms with Gasteiger partial charge in [-0.2, -0.15) is 0 Å². The van der Waals surface area contributed by atoms with Gasteiger partial charge in [0.15, 0.2) is 0 Å². The van der Waals surface area contributed by atoms with Crippen LogP contribution in [0.3, 0.4) is 0 Å². The molecule has 0 bridgehead atoms. The number of carbonyl (C=O) groups is 2. The van der Waals surface area contributed by atoms with Crippen molar-refractivity contribution in [3.05, 3.63) is 83.1 Å². The first-order chi connectivity index (χ1) is 15.3. The van der Waals surface area contributed by atoms with Crippen molar-refractivity contribution in [3.8, 4) is 0 Å². The highest BCUT2D eigenvalue weighted by molar-refractivity contribution is 5.90. The Hall–Kier alpha value is -4.01. The lowest BCUT2D eigenvalue weighted by atomic mass is 10.1. The molecule has 0 radical (unpaired) electrons. The summed E-state index contributed by atoms with van der Waals surface area (Å²) in [5.41, 5.74) is 7.88. The molecule has 0 aliphatic rings. The first-order valence-corrected chi connectivity index (χ1v) is 9.84. The van der Waals surface area contributed by atoms with E-state index in [-0.39, 0.29) is 13.0 Å². The molecule has 0 spiro atoms. The second-order valence-electron chi connectivity index (χ2n) is 6.92. The Morgan fingerprint density at radius 1 is 1.06 bits per heavy atom. The van der Waals surface area contributed by atoms with Gasteiger partial charge in [-0.3, -0.25) is 4.79 Å². The molecule has 3 aromatic rings. The minimum Gasteiger partial charge on any atom is -0.462 e. The molecule has 1 amide bonds. The summed E-state index contributed by atoms with van der Waals surface area (Å²) in [7, 11) is 0. The van der Waals surface area contributed by atoms with Crippen molar-refractivity contribution >= 4 is 29.1 Å². The van der Waals surface area contributed by atoms with Crippen molar-refractivity contribution in [2.24, 2.45) is 5.73 Å². The van der Waals surface area contributed by atoms with Gasteiger partial charge in [0.25, 0.3) is 0 Å². The van der Waals surface area contributed by atoms with Gasteiger partial charge in [0.2, 0.25) is 5.91 Å². The average Bonchev–Trinajstić information content (AvgIpc) is 2.73. The van der Waals surface area contributed by atoms with Gasteiger partial charge >= 0.3 is 5.97 Å². The van der Waals surface area contributed by atoms with Crippen LogP contribution in [0.1, 0.15) is 28.4 Å². The molecule has 0 fully saturated rings. The van der Waals surface area contributed by atoms with E-state index in [2.05, 4.69) is 15.6 Å². The minimum atomic E-state index is -0.678. The van der Waals surface area contributed by atoms with Gasteiger partial charge in [-0.05, 0) is 48.9 Å². The van der Waals surface area contributed by atoms with Crippen molar-refractivity contribution in [2.75, 3.05) is 17.2 Å². The van der Waals surface area contributed by atoms with Crippen LogP contribution < -0.4 is 16.4 Å². The van der Waals surface area contributed by atoms with Crippen molar-refractivity contribution < 1.29 is 23.1 Å². The number of nitrogens with zero attached hydrogens (tertiary/aromatic N) is 1. The van der Waals surface area contributed by atoms with Crippen LogP contribution in [0.25, 0.3) is 0 Å². The van der Waals surface area contributed by atoms with E-state index in [9.17, 15) is 18.4 Å². The molecular weight excluding hydrogens is 418 g/mol. The Bertz CT molecular complexity index is 1100. The van der Waals surface area contributed by atoms with E-state index in [0.29, 0.717) is 40.5 Å². The zero-order valence-electron chi connectivity index (χ0n) is 17.3. The zero-order valence-corrected chi connectivity index (χ0v) is 17.3. The van der Waals surface area contributed by atoms with Gasteiger partial charge in [-0.15, -0.1) is 0 Å². The van der Waals surface area contributed by atoms with E-state index in [1.807, 2.05) is 0 Å². The molecule has 0 saturated carbocycles. The summed E-state index contributed by atoms with van der Waals surface area (Å²) >= 11 is 0. The average molecular weight is 440 g/mol. The molecule has 4 N–H and O–H groups in total. The molecule has 0 saturated heterocycles. The van der Waals surface area contributed by atoms with Gasteiger partial charge in [0.1, 0.15) is 17.5 Å². The molecule has 2 aromatic carbocycles. The number of nitrogens with two attached hydrogens (primary N) is 1. The van der Waals surface area contributed by atoms with E-state index in [4.69, 9.17) is 10.5 Å². The minimum absolute atomic E-state index is 0.0542. The van der Waals surface area contributed by atoms with Crippen LogP contribution in [-0.2, 0) is 22.5 Å². The lowest BCUT2D eigenvalue weighted by Gasteiger charge is -2.14. The third-order valence-electron chi connectivity index (χ3n) is 4.42. The first-order valence-electron chi connectivity index (χ1n) is 9.84. The number of esters is 1. The van der Waals surface area contributed by atoms with Crippen LogP contribution in [0.5, 0.6) is 0 Å². The molecule has 0 atom stereocenters. The molecule has 1 aromatic heterocycles. The number of aromatic nitrogens is 1. The molecule has 32 heavy (non-hydrogen) atoms. The third-order valence-corrected chi connectivity index (χ3v) is 4.42. The maximum atomic E-state index is 13.5. The lowest BCUT2D eigenvalue weighted by molar-refractivity contribution is -0.117. The molecule has 0 unspecified atom stereocenters. The van der Waals surface area contributed by atoms with E-state index in [1.165, 1.54) is 18.3 Å². The van der Waals surface area contributed by atoms with Crippen LogP contribution >= 0.6 is 0 Å². The van der Waals surface area contributed by atoms with Crippen LogP contribution in [0.2, 0.25) is 0 Å². The number of anilines is 3. The van der Waals surface area contributed by atoms with Gasteiger partial charge < -0.3 is 21.1 Å². The van der Waals surface area contributed by atoms with Crippen molar-refractivity contribution in [1.82, 2.24) is 4.98 Å². The molecule has 3 rings (SSSR count). The Kier molecular flexibility index (Phi) is 7.33. The summed E-state index contributed by atoms with van der Waals surface area (Å²) in [4.78, 5) is 27.5. The second kappa shape index (κ2) is 10.3. The summed E-state index contributed by atoms with van der Waals surface area (Å²) in [5, 5.41) is 6.17. The Labute approximate surface area is 183 Å². The second-order valence-corrected chi connectivity index (χ2v) is 6.92. The normalized spacial score (nSPS) is 10.5. The molecule has 9 heteroatoms. The quantitative estimate of drug-likeness (QED) is 0.436. The summed E-state index contributed by atoms with van der Waals surface area (Å²) in [5.74, 6) is -1.85. The van der Waals surface area contributed by atoms with Gasteiger partial charge in [-0.1, -0.05) is 0 Å². The fourth-order valence-corrected chi connectivity index (χ4v) is 3.01. The molecule has 166 valence electrons. The lowest BCUT2D eigenvalue weighted by Crippen LogP contribution is -2.15. The monoisotopic (exact) mass is 440 g/mol. The molecule has 1 heterocycles. The highest BCUT2D eigenvalue weighted by Crippen LogP contribution is 2.23. The number of halogens is 2. The third kappa shape index (κ3) is 6.24. The number of ether oxygens (including phenoxy) is 1. The first kappa shape index (κ1) is 22.7. The fourth-order valence-electron chi connectivity index (χ4n) is 3.01. The largest absolute Gasteiger partial charge is 0.462 e. The summed E-state index contributed by atoms with van der Waals surface area (Å²) in [6.45, 7) is 2.15. The highest BCUT2D eigenvalue weighted by atomic mass is 19.1.